The van der Waals surface area contributed by atoms with Crippen LogP contribution < -0.4 is 10.0 Å². The first-order valence-electron chi connectivity index (χ1n) is 8.39. The standard InChI is InChI=1S/C16H25N3O5S/c1-12(11-24-2)18-25(22,23)14-8-9-15(16(10-14)19(20)21)17-13-6-4-3-5-7-13/h8-10,12-13,17-18H,3-7,11H2,1-2H3/t12-/m1/s1. The van der Waals surface area contributed by atoms with Crippen LogP contribution in [0.2, 0.25) is 0 Å². The summed E-state index contributed by atoms with van der Waals surface area (Å²) in [4.78, 5) is 10.7. The average molecular weight is 371 g/mol. The monoisotopic (exact) mass is 371 g/mol. The fraction of sp³-hybridized carbons (Fsp3) is 0.625. The van der Waals surface area contributed by atoms with Gasteiger partial charge in [-0.3, -0.25) is 10.1 Å². The van der Waals surface area contributed by atoms with Crippen molar-refractivity contribution >= 4 is 21.4 Å². The van der Waals surface area contributed by atoms with Gasteiger partial charge in [0.15, 0.2) is 0 Å². The number of nitro groups is 1. The molecule has 1 aliphatic carbocycles. The van der Waals surface area contributed by atoms with Crippen molar-refractivity contribution in [2.24, 2.45) is 0 Å². The molecule has 1 atom stereocenters. The third kappa shape index (κ3) is 5.38. The fourth-order valence-corrected chi connectivity index (χ4v) is 4.28. The average Bonchev–Trinajstić information content (AvgIpc) is 2.55. The highest BCUT2D eigenvalue weighted by Crippen LogP contribution is 2.30. The molecule has 1 aromatic rings. The molecular weight excluding hydrogens is 346 g/mol. The Balaban J connectivity index is 2.23. The largest absolute Gasteiger partial charge is 0.383 e. The van der Waals surface area contributed by atoms with Crippen molar-refractivity contribution in [1.82, 2.24) is 4.72 Å². The quantitative estimate of drug-likeness (QED) is 0.537. The second-order valence-corrected chi connectivity index (χ2v) is 8.11. The second-order valence-electron chi connectivity index (χ2n) is 6.39. The number of benzene rings is 1. The normalized spacial score (nSPS) is 17.2. The third-order valence-corrected chi connectivity index (χ3v) is 5.80. The summed E-state index contributed by atoms with van der Waals surface area (Å²) in [5.41, 5.74) is 0.133. The maximum absolute atomic E-state index is 12.4. The van der Waals surface area contributed by atoms with Crippen molar-refractivity contribution in [2.75, 3.05) is 19.0 Å². The lowest BCUT2D eigenvalue weighted by atomic mass is 9.95. The number of nitro benzene ring substituents is 1. The van der Waals surface area contributed by atoms with E-state index in [2.05, 4.69) is 10.0 Å². The van der Waals surface area contributed by atoms with Crippen LogP contribution in [-0.4, -0.2) is 39.1 Å². The van der Waals surface area contributed by atoms with Gasteiger partial charge < -0.3 is 10.1 Å². The third-order valence-electron chi connectivity index (χ3n) is 4.21. The molecule has 140 valence electrons. The smallest absolute Gasteiger partial charge is 0.293 e. The number of hydrogen-bond acceptors (Lipinski definition) is 6. The molecule has 0 radical (unpaired) electrons. The van der Waals surface area contributed by atoms with E-state index in [1.54, 1.807) is 6.92 Å². The number of methoxy groups -OCH3 is 1. The van der Waals surface area contributed by atoms with Gasteiger partial charge in [-0.25, -0.2) is 13.1 Å². The van der Waals surface area contributed by atoms with Crippen molar-refractivity contribution in [2.45, 2.75) is 56.0 Å². The van der Waals surface area contributed by atoms with E-state index in [9.17, 15) is 18.5 Å². The van der Waals surface area contributed by atoms with Gasteiger partial charge in [0.2, 0.25) is 10.0 Å². The van der Waals surface area contributed by atoms with E-state index in [-0.39, 0.29) is 23.2 Å². The molecule has 8 nitrogen and oxygen atoms in total. The van der Waals surface area contributed by atoms with E-state index >= 15 is 0 Å². The zero-order chi connectivity index (χ0) is 18.4. The first-order chi connectivity index (χ1) is 11.8. The van der Waals surface area contributed by atoms with E-state index in [0.717, 1.165) is 31.7 Å². The Labute approximate surface area is 148 Å². The highest BCUT2D eigenvalue weighted by molar-refractivity contribution is 7.89. The van der Waals surface area contributed by atoms with Gasteiger partial charge in [0.05, 0.1) is 16.4 Å². The van der Waals surface area contributed by atoms with Gasteiger partial charge in [-0.1, -0.05) is 19.3 Å². The molecule has 2 N–H and O–H groups in total. The van der Waals surface area contributed by atoms with Crippen LogP contribution in [0, 0.1) is 10.1 Å². The first kappa shape index (κ1) is 19.6. The Hall–Kier alpha value is -1.71. The van der Waals surface area contributed by atoms with Gasteiger partial charge in [-0.2, -0.15) is 0 Å². The fourth-order valence-electron chi connectivity index (χ4n) is 3.04. The lowest BCUT2D eigenvalue weighted by Crippen LogP contribution is -2.35. The molecule has 1 saturated carbocycles. The summed E-state index contributed by atoms with van der Waals surface area (Å²) in [6, 6.07) is 3.72. The van der Waals surface area contributed by atoms with Crippen molar-refractivity contribution in [1.29, 1.82) is 0 Å². The van der Waals surface area contributed by atoms with Crippen molar-refractivity contribution in [3.8, 4) is 0 Å². The van der Waals surface area contributed by atoms with Crippen molar-refractivity contribution < 1.29 is 18.1 Å². The van der Waals surface area contributed by atoms with Crippen LogP contribution in [-0.2, 0) is 14.8 Å². The van der Waals surface area contributed by atoms with Crippen LogP contribution in [0.1, 0.15) is 39.0 Å². The lowest BCUT2D eigenvalue weighted by Gasteiger charge is -2.23. The number of sulfonamides is 1. The summed E-state index contributed by atoms with van der Waals surface area (Å²) in [5.74, 6) is 0. The summed E-state index contributed by atoms with van der Waals surface area (Å²) < 4.78 is 32.1. The lowest BCUT2D eigenvalue weighted by molar-refractivity contribution is -0.384. The minimum Gasteiger partial charge on any atom is -0.383 e. The Morgan fingerprint density at radius 3 is 2.60 bits per heavy atom. The van der Waals surface area contributed by atoms with E-state index in [1.807, 2.05) is 0 Å². The molecule has 9 heteroatoms. The maximum Gasteiger partial charge on any atom is 0.293 e. The summed E-state index contributed by atoms with van der Waals surface area (Å²) in [6.45, 7) is 1.87. The minimum absolute atomic E-state index is 0.128. The van der Waals surface area contributed by atoms with E-state index in [1.165, 1.54) is 25.7 Å². The molecule has 0 spiro atoms. The number of nitrogens with zero attached hydrogens (tertiary/aromatic N) is 1. The van der Waals surface area contributed by atoms with Crippen LogP contribution in [0.25, 0.3) is 0 Å². The molecule has 0 aliphatic heterocycles. The predicted octanol–water partition coefficient (Wildman–Crippen LogP) is 2.65. The van der Waals surface area contributed by atoms with E-state index in [4.69, 9.17) is 4.74 Å². The molecular formula is C16H25N3O5S. The van der Waals surface area contributed by atoms with E-state index < -0.39 is 21.0 Å². The number of rotatable bonds is 8. The molecule has 0 saturated heterocycles. The summed E-state index contributed by atoms with van der Waals surface area (Å²) in [7, 11) is -2.38. The predicted molar refractivity (Wildman–Crippen MR) is 95.3 cm³/mol. The molecule has 0 unspecified atom stereocenters. The Bertz CT molecular complexity index is 702. The van der Waals surface area contributed by atoms with Gasteiger partial charge in [-0.05, 0) is 31.9 Å². The molecule has 1 aliphatic rings. The number of anilines is 1. The molecule has 0 amide bonds. The second kappa shape index (κ2) is 8.59. The van der Waals surface area contributed by atoms with Gasteiger partial charge in [0, 0.05) is 25.3 Å². The minimum atomic E-state index is -3.85. The van der Waals surface area contributed by atoms with Crippen molar-refractivity contribution in [3.05, 3.63) is 28.3 Å². The first-order valence-corrected chi connectivity index (χ1v) is 9.88. The molecule has 25 heavy (non-hydrogen) atoms. The Morgan fingerprint density at radius 2 is 2.00 bits per heavy atom. The maximum atomic E-state index is 12.4. The van der Waals surface area contributed by atoms with Crippen LogP contribution >= 0.6 is 0 Å². The molecule has 1 fully saturated rings. The van der Waals surface area contributed by atoms with Gasteiger partial charge in [0.25, 0.3) is 5.69 Å². The summed E-state index contributed by atoms with van der Waals surface area (Å²) in [6.07, 6.45) is 5.31. The van der Waals surface area contributed by atoms with Crippen LogP contribution in [0.15, 0.2) is 23.1 Å². The van der Waals surface area contributed by atoms with Crippen LogP contribution in [0.5, 0.6) is 0 Å². The zero-order valence-electron chi connectivity index (χ0n) is 14.5. The number of ether oxygens (including phenoxy) is 1. The molecule has 0 heterocycles. The highest BCUT2D eigenvalue weighted by atomic mass is 32.2. The number of hydrogen-bond donors (Lipinski definition) is 2. The molecule has 1 aromatic carbocycles. The molecule has 0 bridgehead atoms. The Kier molecular flexibility index (Phi) is 6.74. The van der Waals surface area contributed by atoms with Gasteiger partial charge in [-0.15, -0.1) is 0 Å². The highest BCUT2D eigenvalue weighted by Gasteiger charge is 2.24. The van der Waals surface area contributed by atoms with Gasteiger partial charge in [0.1, 0.15) is 5.69 Å². The topological polar surface area (TPSA) is 111 Å². The Morgan fingerprint density at radius 1 is 1.32 bits per heavy atom. The molecule has 0 aromatic heterocycles. The van der Waals surface area contributed by atoms with Gasteiger partial charge >= 0.3 is 0 Å². The van der Waals surface area contributed by atoms with Crippen molar-refractivity contribution in [3.63, 3.8) is 0 Å². The van der Waals surface area contributed by atoms with E-state index in [0.29, 0.717) is 5.69 Å². The van der Waals surface area contributed by atoms with Crippen LogP contribution in [0.4, 0.5) is 11.4 Å². The number of nitrogens with one attached hydrogen (secondary N) is 2. The SMILES string of the molecule is COC[C@@H](C)NS(=O)(=O)c1ccc(NC2CCCCC2)c([N+](=O)[O-])c1. The summed E-state index contributed by atoms with van der Waals surface area (Å²) in [5, 5.41) is 14.6. The molecule has 2 rings (SSSR count). The van der Waals surface area contributed by atoms with Crippen LogP contribution in [0.3, 0.4) is 0 Å². The zero-order valence-corrected chi connectivity index (χ0v) is 15.3. The summed E-state index contributed by atoms with van der Waals surface area (Å²) >= 11 is 0.